The fourth-order valence-electron chi connectivity index (χ4n) is 4.00. The van der Waals surface area contributed by atoms with E-state index in [0.717, 1.165) is 35.1 Å². The molecule has 1 atom stereocenters. The average Bonchev–Trinajstić information content (AvgIpc) is 3.16. The van der Waals surface area contributed by atoms with Gasteiger partial charge in [-0.1, -0.05) is 28.1 Å². The minimum absolute atomic E-state index is 0.0183. The van der Waals surface area contributed by atoms with Crippen LogP contribution in [0.2, 0.25) is 0 Å². The van der Waals surface area contributed by atoms with Crippen LogP contribution >= 0.6 is 15.9 Å². The zero-order chi connectivity index (χ0) is 22.0. The van der Waals surface area contributed by atoms with Crippen molar-refractivity contribution in [2.45, 2.75) is 18.9 Å². The van der Waals surface area contributed by atoms with Crippen LogP contribution in [0.5, 0.6) is 11.5 Å². The van der Waals surface area contributed by atoms with Crippen molar-refractivity contribution in [2.75, 3.05) is 49.9 Å². The molecule has 0 saturated heterocycles. The number of alkyl halides is 1. The lowest BCUT2D eigenvalue weighted by molar-refractivity contribution is 0.0796. The molecule has 0 fully saturated rings. The Bertz CT molecular complexity index is 988. The molecule has 0 aromatic heterocycles. The molecule has 31 heavy (non-hydrogen) atoms. The number of anilines is 2. The lowest BCUT2D eigenvalue weighted by Crippen LogP contribution is -2.34. The Hall–Kier alpha value is -2.67. The van der Waals surface area contributed by atoms with Gasteiger partial charge in [0, 0.05) is 43.9 Å². The van der Waals surface area contributed by atoms with Crippen LogP contribution in [0.4, 0.5) is 11.4 Å². The molecule has 2 heterocycles. The first-order valence-corrected chi connectivity index (χ1v) is 11.6. The Kier molecular flexibility index (Phi) is 6.41. The number of methoxy groups -OCH3 is 1. The van der Waals surface area contributed by atoms with Crippen LogP contribution in [0, 0.1) is 0 Å². The molecule has 164 valence electrons. The van der Waals surface area contributed by atoms with Gasteiger partial charge in [-0.2, -0.15) is 0 Å². The number of ether oxygens (including phenoxy) is 2. The third kappa shape index (κ3) is 4.37. The van der Waals surface area contributed by atoms with Gasteiger partial charge in [-0.15, -0.1) is 0 Å². The average molecular weight is 486 g/mol. The van der Waals surface area contributed by atoms with Crippen LogP contribution in [0.3, 0.4) is 0 Å². The summed E-state index contributed by atoms with van der Waals surface area (Å²) in [7, 11) is 5.66. The Morgan fingerprint density at radius 3 is 2.65 bits per heavy atom. The lowest BCUT2D eigenvalue weighted by atomic mass is 10.0. The van der Waals surface area contributed by atoms with E-state index in [4.69, 9.17) is 9.47 Å². The molecule has 7 heteroatoms. The second-order valence-electron chi connectivity index (χ2n) is 7.99. The number of amides is 1. The standard InChI is InChI=1S/C24H28BrN3O3/c1-27(2)18-7-5-16(6-8-18)17-11-19-14-26-21-13-23(31-10-4-9-25)22(30-3)12-20(21)24(29)28(19)15-17/h5-8,12-13,15,19,26H,4,9-11,14H2,1-3H3. The topological polar surface area (TPSA) is 54.0 Å². The van der Waals surface area contributed by atoms with E-state index in [-0.39, 0.29) is 11.9 Å². The normalized spacial score (nSPS) is 17.3. The lowest BCUT2D eigenvalue weighted by Gasteiger charge is -2.20. The molecule has 0 spiro atoms. The number of carbonyl (C=O) groups excluding carboxylic acids is 1. The fraction of sp³-hybridized carbons (Fsp3) is 0.375. The monoisotopic (exact) mass is 485 g/mol. The third-order valence-electron chi connectivity index (χ3n) is 5.73. The number of carbonyl (C=O) groups is 1. The van der Waals surface area contributed by atoms with Crippen molar-refractivity contribution in [3.63, 3.8) is 0 Å². The summed E-state index contributed by atoms with van der Waals surface area (Å²) in [5, 5.41) is 4.33. The van der Waals surface area contributed by atoms with Gasteiger partial charge in [0.2, 0.25) is 0 Å². The first-order chi connectivity index (χ1) is 15.0. The van der Waals surface area contributed by atoms with E-state index in [9.17, 15) is 4.79 Å². The molecular formula is C24H28BrN3O3. The SMILES string of the molecule is COc1cc2c(cc1OCCCBr)NCC1CC(c3ccc(N(C)C)cc3)=CN1C2=O. The molecule has 0 radical (unpaired) electrons. The Morgan fingerprint density at radius 1 is 1.19 bits per heavy atom. The maximum Gasteiger partial charge on any atom is 0.260 e. The quantitative estimate of drug-likeness (QED) is 0.458. The summed E-state index contributed by atoms with van der Waals surface area (Å²) >= 11 is 3.41. The van der Waals surface area contributed by atoms with E-state index < -0.39 is 0 Å². The summed E-state index contributed by atoms with van der Waals surface area (Å²) in [4.78, 5) is 17.3. The number of hydrogen-bond acceptors (Lipinski definition) is 5. The number of fused-ring (bicyclic) bond motifs is 2. The Morgan fingerprint density at radius 2 is 1.97 bits per heavy atom. The highest BCUT2D eigenvalue weighted by Gasteiger charge is 2.34. The molecule has 4 rings (SSSR count). The summed E-state index contributed by atoms with van der Waals surface area (Å²) < 4.78 is 11.4. The highest BCUT2D eigenvalue weighted by Crippen LogP contribution is 2.39. The van der Waals surface area contributed by atoms with Gasteiger partial charge in [0.05, 0.1) is 31.0 Å². The zero-order valence-electron chi connectivity index (χ0n) is 18.2. The number of nitrogens with zero attached hydrogens (tertiary/aromatic N) is 2. The van der Waals surface area contributed by atoms with E-state index >= 15 is 0 Å². The minimum atomic E-state index is -0.0183. The third-order valence-corrected chi connectivity index (χ3v) is 6.29. The number of halogens is 1. The molecule has 0 bridgehead atoms. The molecule has 1 N–H and O–H groups in total. The van der Waals surface area contributed by atoms with Crippen LogP contribution in [-0.2, 0) is 0 Å². The first-order valence-electron chi connectivity index (χ1n) is 10.5. The van der Waals surface area contributed by atoms with Crippen LogP contribution < -0.4 is 19.7 Å². The predicted molar refractivity (Wildman–Crippen MR) is 129 cm³/mol. The van der Waals surface area contributed by atoms with Gasteiger partial charge < -0.3 is 24.6 Å². The largest absolute Gasteiger partial charge is 0.493 e. The smallest absolute Gasteiger partial charge is 0.260 e. The molecule has 2 aliphatic rings. The van der Waals surface area contributed by atoms with E-state index in [1.807, 2.05) is 31.3 Å². The number of benzene rings is 2. The summed E-state index contributed by atoms with van der Waals surface area (Å²) in [6.07, 6.45) is 3.71. The van der Waals surface area contributed by atoms with Gasteiger partial charge in [-0.3, -0.25) is 4.79 Å². The van der Waals surface area contributed by atoms with Crippen molar-refractivity contribution in [3.05, 3.63) is 53.7 Å². The maximum atomic E-state index is 13.4. The van der Waals surface area contributed by atoms with Gasteiger partial charge in [-0.25, -0.2) is 0 Å². The fourth-order valence-corrected chi connectivity index (χ4v) is 4.23. The predicted octanol–water partition coefficient (Wildman–Crippen LogP) is 4.61. The first kappa shape index (κ1) is 21.6. The van der Waals surface area contributed by atoms with E-state index in [2.05, 4.69) is 50.4 Å². The van der Waals surface area contributed by atoms with Gasteiger partial charge >= 0.3 is 0 Å². The van der Waals surface area contributed by atoms with Crippen LogP contribution in [-0.4, -0.2) is 56.5 Å². The molecule has 2 aromatic rings. The molecule has 2 aliphatic heterocycles. The Labute approximate surface area is 191 Å². The number of nitrogens with one attached hydrogen (secondary N) is 1. The van der Waals surface area contributed by atoms with Crippen molar-refractivity contribution in [1.82, 2.24) is 4.90 Å². The van der Waals surface area contributed by atoms with Gasteiger partial charge in [-0.05, 0) is 42.2 Å². The summed E-state index contributed by atoms with van der Waals surface area (Å²) in [6.45, 7) is 1.27. The van der Waals surface area contributed by atoms with Crippen LogP contribution in [0.25, 0.3) is 5.57 Å². The van der Waals surface area contributed by atoms with E-state index in [1.165, 1.54) is 5.57 Å². The minimum Gasteiger partial charge on any atom is -0.493 e. The van der Waals surface area contributed by atoms with Gasteiger partial charge in [0.1, 0.15) is 0 Å². The van der Waals surface area contributed by atoms with E-state index in [1.54, 1.807) is 13.2 Å². The molecule has 0 saturated carbocycles. The van der Waals surface area contributed by atoms with Crippen molar-refractivity contribution < 1.29 is 14.3 Å². The highest BCUT2D eigenvalue weighted by molar-refractivity contribution is 9.09. The number of rotatable bonds is 7. The molecule has 1 unspecified atom stereocenters. The van der Waals surface area contributed by atoms with Crippen LogP contribution in [0.15, 0.2) is 42.6 Å². The van der Waals surface area contributed by atoms with E-state index in [0.29, 0.717) is 30.2 Å². The zero-order valence-corrected chi connectivity index (χ0v) is 19.7. The second kappa shape index (κ2) is 9.22. The van der Waals surface area contributed by atoms with Crippen molar-refractivity contribution in [1.29, 1.82) is 0 Å². The molecule has 0 aliphatic carbocycles. The summed E-state index contributed by atoms with van der Waals surface area (Å²) in [6, 6.07) is 12.2. The number of hydrogen-bond donors (Lipinski definition) is 1. The molecule has 6 nitrogen and oxygen atoms in total. The van der Waals surface area contributed by atoms with Crippen molar-refractivity contribution in [2.24, 2.45) is 0 Å². The second-order valence-corrected chi connectivity index (χ2v) is 8.78. The molecule has 1 amide bonds. The summed E-state index contributed by atoms with van der Waals surface area (Å²) in [5.41, 5.74) is 4.88. The Balaban J connectivity index is 1.60. The maximum absolute atomic E-state index is 13.4. The highest BCUT2D eigenvalue weighted by atomic mass is 79.9. The van der Waals surface area contributed by atoms with Gasteiger partial charge in [0.15, 0.2) is 11.5 Å². The van der Waals surface area contributed by atoms with Gasteiger partial charge in [0.25, 0.3) is 5.91 Å². The van der Waals surface area contributed by atoms with Crippen LogP contribution in [0.1, 0.15) is 28.8 Å². The summed E-state index contributed by atoms with van der Waals surface area (Å²) in [5.74, 6) is 1.21. The van der Waals surface area contributed by atoms with Crippen molar-refractivity contribution in [3.8, 4) is 11.5 Å². The van der Waals surface area contributed by atoms with Crippen molar-refractivity contribution >= 4 is 38.8 Å². The molecule has 2 aromatic carbocycles. The molecular weight excluding hydrogens is 458 g/mol.